The van der Waals surface area contributed by atoms with Crippen LogP contribution in [0, 0.1) is 5.92 Å². The van der Waals surface area contributed by atoms with E-state index in [1.54, 1.807) is 0 Å². The van der Waals surface area contributed by atoms with Gasteiger partial charge < -0.3 is 20.9 Å². The minimum absolute atomic E-state index is 0.0884. The summed E-state index contributed by atoms with van der Waals surface area (Å²) >= 11 is 0. The van der Waals surface area contributed by atoms with Crippen LogP contribution in [0.25, 0.3) is 0 Å². The molecule has 0 aliphatic rings. The molecular formula is C13H28N2O3. The monoisotopic (exact) mass is 260 g/mol. The van der Waals surface area contributed by atoms with Crippen molar-refractivity contribution in [2.45, 2.75) is 45.6 Å². The molecule has 0 fully saturated rings. The summed E-state index contributed by atoms with van der Waals surface area (Å²) in [6.07, 6.45) is 4.13. The Morgan fingerprint density at radius 1 is 1.39 bits per heavy atom. The van der Waals surface area contributed by atoms with Gasteiger partial charge in [-0.15, -0.1) is 0 Å². The highest BCUT2D eigenvalue weighted by atomic mass is 16.5. The SMILES string of the molecule is CCCCC(CC)COCC(O)CNCC(N)=O. The van der Waals surface area contributed by atoms with E-state index in [1.807, 2.05) is 0 Å². The number of rotatable bonds is 12. The van der Waals surface area contributed by atoms with Gasteiger partial charge in [-0.25, -0.2) is 0 Å². The van der Waals surface area contributed by atoms with Gasteiger partial charge in [0.1, 0.15) is 0 Å². The Morgan fingerprint density at radius 3 is 2.67 bits per heavy atom. The topological polar surface area (TPSA) is 84.6 Å². The van der Waals surface area contributed by atoms with Crippen molar-refractivity contribution in [1.29, 1.82) is 0 Å². The Bertz CT molecular complexity index is 212. The lowest BCUT2D eigenvalue weighted by molar-refractivity contribution is -0.117. The Balaban J connectivity index is 3.52. The van der Waals surface area contributed by atoms with Crippen molar-refractivity contribution >= 4 is 5.91 Å². The van der Waals surface area contributed by atoms with Crippen LogP contribution in [0.3, 0.4) is 0 Å². The third-order valence-corrected chi connectivity index (χ3v) is 2.89. The van der Waals surface area contributed by atoms with E-state index in [0.29, 0.717) is 25.7 Å². The molecule has 18 heavy (non-hydrogen) atoms. The van der Waals surface area contributed by atoms with Gasteiger partial charge in [-0.2, -0.15) is 0 Å². The van der Waals surface area contributed by atoms with E-state index >= 15 is 0 Å². The van der Waals surface area contributed by atoms with Crippen LogP contribution >= 0.6 is 0 Å². The summed E-state index contributed by atoms with van der Waals surface area (Å²) in [5.41, 5.74) is 4.97. The lowest BCUT2D eigenvalue weighted by Gasteiger charge is -2.17. The number of aliphatic hydroxyl groups excluding tert-OH is 1. The number of carbonyl (C=O) groups excluding carboxylic acids is 1. The molecule has 1 amide bonds. The Kier molecular flexibility index (Phi) is 11.0. The third kappa shape index (κ3) is 10.5. The lowest BCUT2D eigenvalue weighted by atomic mass is 10.0. The van der Waals surface area contributed by atoms with Gasteiger partial charge in [0, 0.05) is 13.2 Å². The van der Waals surface area contributed by atoms with Crippen molar-refractivity contribution in [3.05, 3.63) is 0 Å². The average Bonchev–Trinajstić information content (AvgIpc) is 2.33. The zero-order chi connectivity index (χ0) is 13.8. The van der Waals surface area contributed by atoms with E-state index in [4.69, 9.17) is 10.5 Å². The number of amides is 1. The molecule has 0 aromatic rings. The zero-order valence-corrected chi connectivity index (χ0v) is 11.7. The Hall–Kier alpha value is -0.650. The summed E-state index contributed by atoms with van der Waals surface area (Å²) in [6, 6.07) is 0. The highest BCUT2D eigenvalue weighted by Crippen LogP contribution is 2.12. The normalized spacial score (nSPS) is 14.4. The molecule has 5 heteroatoms. The van der Waals surface area contributed by atoms with Crippen LogP contribution in [0.4, 0.5) is 0 Å². The standard InChI is InChI=1S/C13H28N2O3/c1-3-5-6-11(4-2)9-18-10-12(16)7-15-8-13(14)17/h11-12,15-16H,3-10H2,1-2H3,(H2,14,17). The number of aliphatic hydroxyl groups is 1. The lowest BCUT2D eigenvalue weighted by Crippen LogP contribution is -2.36. The van der Waals surface area contributed by atoms with Gasteiger partial charge in [0.25, 0.3) is 0 Å². The summed E-state index contributed by atoms with van der Waals surface area (Å²) in [5.74, 6) is 0.157. The van der Waals surface area contributed by atoms with Crippen molar-refractivity contribution in [1.82, 2.24) is 5.32 Å². The maximum Gasteiger partial charge on any atom is 0.231 e. The molecule has 4 N–H and O–H groups in total. The Morgan fingerprint density at radius 2 is 2.11 bits per heavy atom. The number of ether oxygens (including phenoxy) is 1. The van der Waals surface area contributed by atoms with E-state index in [0.717, 1.165) is 6.42 Å². The van der Waals surface area contributed by atoms with Gasteiger partial charge in [0.05, 0.1) is 19.3 Å². The van der Waals surface area contributed by atoms with Crippen molar-refractivity contribution in [3.63, 3.8) is 0 Å². The van der Waals surface area contributed by atoms with Gasteiger partial charge in [0.15, 0.2) is 0 Å². The zero-order valence-electron chi connectivity index (χ0n) is 11.7. The molecule has 2 unspecified atom stereocenters. The third-order valence-electron chi connectivity index (χ3n) is 2.89. The predicted octanol–water partition coefficient (Wildman–Crippen LogP) is 0.655. The summed E-state index contributed by atoms with van der Waals surface area (Å²) in [4.78, 5) is 10.5. The van der Waals surface area contributed by atoms with Gasteiger partial charge in [0.2, 0.25) is 5.91 Å². The molecule has 108 valence electrons. The van der Waals surface area contributed by atoms with Crippen LogP contribution in [0.2, 0.25) is 0 Å². The molecule has 0 rings (SSSR count). The second kappa shape index (κ2) is 11.4. The largest absolute Gasteiger partial charge is 0.389 e. The molecule has 0 heterocycles. The first-order valence-corrected chi connectivity index (χ1v) is 6.84. The fourth-order valence-corrected chi connectivity index (χ4v) is 1.69. The van der Waals surface area contributed by atoms with E-state index in [2.05, 4.69) is 19.2 Å². The van der Waals surface area contributed by atoms with Crippen molar-refractivity contribution < 1.29 is 14.6 Å². The number of carbonyl (C=O) groups is 1. The van der Waals surface area contributed by atoms with Crippen LogP contribution in [-0.4, -0.2) is 43.4 Å². The molecule has 0 saturated heterocycles. The molecule has 0 radical (unpaired) electrons. The van der Waals surface area contributed by atoms with Crippen LogP contribution < -0.4 is 11.1 Å². The molecule has 0 aromatic carbocycles. The molecule has 0 aromatic heterocycles. The summed E-state index contributed by atoms with van der Waals surface area (Å²) in [6.45, 7) is 5.76. The van der Waals surface area contributed by atoms with Crippen LogP contribution in [0.5, 0.6) is 0 Å². The Labute approximate surface area is 110 Å². The number of hydrogen-bond donors (Lipinski definition) is 3. The molecule has 0 bridgehead atoms. The molecule has 0 aliphatic carbocycles. The van der Waals surface area contributed by atoms with Crippen molar-refractivity contribution in [2.24, 2.45) is 11.7 Å². The minimum Gasteiger partial charge on any atom is -0.389 e. The van der Waals surface area contributed by atoms with Crippen LogP contribution in [-0.2, 0) is 9.53 Å². The molecule has 0 aliphatic heterocycles. The first-order chi connectivity index (χ1) is 8.60. The van der Waals surface area contributed by atoms with E-state index in [1.165, 1.54) is 19.3 Å². The molecule has 2 atom stereocenters. The number of hydrogen-bond acceptors (Lipinski definition) is 4. The molecule has 0 saturated carbocycles. The fraction of sp³-hybridized carbons (Fsp3) is 0.923. The summed E-state index contributed by atoms with van der Waals surface area (Å²) in [7, 11) is 0. The molecule has 5 nitrogen and oxygen atoms in total. The quantitative estimate of drug-likeness (QED) is 0.481. The molecule has 0 spiro atoms. The fourth-order valence-electron chi connectivity index (χ4n) is 1.69. The first kappa shape index (κ1) is 17.4. The van der Waals surface area contributed by atoms with Crippen molar-refractivity contribution in [2.75, 3.05) is 26.3 Å². The maximum atomic E-state index is 10.5. The number of unbranched alkanes of at least 4 members (excludes halogenated alkanes) is 1. The van der Waals surface area contributed by atoms with Gasteiger partial charge in [-0.1, -0.05) is 33.1 Å². The summed E-state index contributed by atoms with van der Waals surface area (Å²) in [5, 5.41) is 12.4. The maximum absolute atomic E-state index is 10.5. The number of nitrogens with one attached hydrogen (secondary N) is 1. The smallest absolute Gasteiger partial charge is 0.231 e. The predicted molar refractivity (Wildman–Crippen MR) is 72.2 cm³/mol. The van der Waals surface area contributed by atoms with Gasteiger partial charge in [-0.3, -0.25) is 4.79 Å². The van der Waals surface area contributed by atoms with Crippen molar-refractivity contribution in [3.8, 4) is 0 Å². The summed E-state index contributed by atoms with van der Waals surface area (Å²) < 4.78 is 5.50. The van der Waals surface area contributed by atoms with E-state index in [9.17, 15) is 9.90 Å². The second-order valence-electron chi connectivity index (χ2n) is 4.70. The highest BCUT2D eigenvalue weighted by molar-refractivity contribution is 5.75. The number of nitrogens with two attached hydrogens (primary N) is 1. The second-order valence-corrected chi connectivity index (χ2v) is 4.70. The molecular weight excluding hydrogens is 232 g/mol. The van der Waals surface area contributed by atoms with Crippen LogP contribution in [0.1, 0.15) is 39.5 Å². The number of primary amides is 1. The average molecular weight is 260 g/mol. The first-order valence-electron chi connectivity index (χ1n) is 6.84. The van der Waals surface area contributed by atoms with E-state index < -0.39 is 12.0 Å². The van der Waals surface area contributed by atoms with Gasteiger partial charge >= 0.3 is 0 Å². The van der Waals surface area contributed by atoms with E-state index in [-0.39, 0.29) is 6.54 Å². The minimum atomic E-state index is -0.590. The highest BCUT2D eigenvalue weighted by Gasteiger charge is 2.09. The van der Waals surface area contributed by atoms with Gasteiger partial charge in [-0.05, 0) is 12.3 Å². The van der Waals surface area contributed by atoms with Crippen LogP contribution in [0.15, 0.2) is 0 Å².